The molecule has 3 nitrogen and oxygen atoms in total. The predicted molar refractivity (Wildman–Crippen MR) is 76.8 cm³/mol. The molecule has 1 aliphatic rings. The van der Waals surface area contributed by atoms with Crippen LogP contribution >= 0.6 is 0 Å². The van der Waals surface area contributed by atoms with Gasteiger partial charge in [-0.05, 0) is 23.2 Å². The third kappa shape index (κ3) is 4.52. The fourth-order valence-corrected chi connectivity index (χ4v) is 2.29. The summed E-state index contributed by atoms with van der Waals surface area (Å²) >= 11 is 0. The molecule has 0 atom stereocenters. The smallest absolute Gasteiger partial charge is 0.491 e. The van der Waals surface area contributed by atoms with Crippen LogP contribution in [0.25, 0.3) is 0 Å². The van der Waals surface area contributed by atoms with Gasteiger partial charge in [-0.2, -0.15) is 0 Å². The number of benzene rings is 2. The molecule has 0 spiro atoms. The second-order valence-electron chi connectivity index (χ2n) is 5.00. The van der Waals surface area contributed by atoms with E-state index in [1.165, 1.54) is 0 Å². The van der Waals surface area contributed by atoms with Gasteiger partial charge in [0.2, 0.25) is 0 Å². The molecule has 2 aromatic rings. The van der Waals surface area contributed by atoms with Crippen LogP contribution in [0, 0.1) is 26.0 Å². The van der Waals surface area contributed by atoms with Crippen LogP contribution in [0.1, 0.15) is 22.3 Å². The molecule has 1 aliphatic heterocycles. The fraction of sp³-hybridized carbons (Fsp3) is 0.250. The van der Waals surface area contributed by atoms with Gasteiger partial charge in [-0.1, -0.05) is 19.9 Å². The fourth-order valence-electron chi connectivity index (χ4n) is 2.29. The van der Waals surface area contributed by atoms with E-state index in [1.807, 2.05) is 38.1 Å². The molecule has 1 heterocycles. The summed E-state index contributed by atoms with van der Waals surface area (Å²) in [6, 6.07) is 14.0. The Hall–Kier alpha value is 0.0171. The minimum atomic E-state index is -0.837. The molecule has 1 radical (unpaired) electrons. The van der Waals surface area contributed by atoms with Gasteiger partial charge >= 0.3 is 7.12 Å². The molecule has 22 heavy (non-hydrogen) atoms. The van der Waals surface area contributed by atoms with E-state index in [0.29, 0.717) is 13.2 Å². The van der Waals surface area contributed by atoms with Gasteiger partial charge in [-0.15, -0.1) is 0 Å². The molecular formula is C16H15BO3WY-2. The van der Waals surface area contributed by atoms with Crippen molar-refractivity contribution < 1.29 is 68.2 Å². The second-order valence-corrected chi connectivity index (χ2v) is 5.00. The van der Waals surface area contributed by atoms with Crippen molar-refractivity contribution in [3.63, 3.8) is 0 Å². The van der Waals surface area contributed by atoms with Crippen molar-refractivity contribution in [3.8, 4) is 5.75 Å². The summed E-state index contributed by atoms with van der Waals surface area (Å²) in [5.41, 5.74) is 4.95. The zero-order chi connectivity index (χ0) is 14.1. The summed E-state index contributed by atoms with van der Waals surface area (Å²) in [6.45, 7) is 4.91. The molecule has 2 aromatic carbocycles. The monoisotopic (exact) mass is 539 g/mol. The van der Waals surface area contributed by atoms with Gasteiger partial charge < -0.3 is 26.5 Å². The number of hydrogen-bond acceptors (Lipinski definition) is 3. The zero-order valence-corrected chi connectivity index (χ0v) is 18.3. The molecule has 1 N–H and O–H groups in total. The number of fused-ring (bicyclic) bond motifs is 1. The van der Waals surface area contributed by atoms with Crippen LogP contribution in [0.15, 0.2) is 24.3 Å². The first-order valence-electron chi connectivity index (χ1n) is 6.59. The van der Waals surface area contributed by atoms with E-state index < -0.39 is 7.12 Å². The first kappa shape index (κ1) is 20.1. The van der Waals surface area contributed by atoms with E-state index in [4.69, 9.17) is 9.39 Å². The van der Waals surface area contributed by atoms with Crippen LogP contribution in [0.2, 0.25) is 0 Å². The number of aryl methyl sites for hydroxylation is 2. The van der Waals surface area contributed by atoms with Crippen LogP contribution in [0.4, 0.5) is 0 Å². The standard InChI is InChI=1S/C16H15BO3.W.Y/c1-11-3-4-13(12(2)7-11)9-19-15-6-5-14-10-20-17(18)16(14)8-15;;/h4-6,8,18H,9-10H2,1-2H3;;/q-2;;. The van der Waals surface area contributed by atoms with E-state index in [0.717, 1.165) is 33.5 Å². The SMILES string of the molecule is Cc1[c-]cc(COc2ccc3c(c2)B(O)OC3)c(C)[c-]1.[W].[Y]. The molecular weight excluding hydrogens is 524 g/mol. The Kier molecular flexibility index (Phi) is 7.98. The quantitative estimate of drug-likeness (QED) is 0.478. The topological polar surface area (TPSA) is 38.7 Å². The van der Waals surface area contributed by atoms with Gasteiger partial charge in [0.25, 0.3) is 0 Å². The minimum Gasteiger partial charge on any atom is -0.512 e. The normalized spacial score (nSPS) is 12.2. The van der Waals surface area contributed by atoms with Crippen molar-refractivity contribution in [2.75, 3.05) is 0 Å². The largest absolute Gasteiger partial charge is 0.512 e. The summed E-state index contributed by atoms with van der Waals surface area (Å²) in [5, 5.41) is 9.68. The third-order valence-electron chi connectivity index (χ3n) is 3.49. The van der Waals surface area contributed by atoms with E-state index in [2.05, 4.69) is 12.1 Å². The second kappa shape index (κ2) is 8.75. The number of hydrogen-bond donors (Lipinski definition) is 1. The molecule has 6 heteroatoms. The zero-order valence-electron chi connectivity index (χ0n) is 12.6. The van der Waals surface area contributed by atoms with Crippen molar-refractivity contribution in [2.45, 2.75) is 27.1 Å². The van der Waals surface area contributed by atoms with Gasteiger partial charge in [0.1, 0.15) is 5.75 Å². The van der Waals surface area contributed by atoms with E-state index in [-0.39, 0.29) is 53.8 Å². The van der Waals surface area contributed by atoms with Crippen molar-refractivity contribution >= 4 is 12.6 Å². The maximum absolute atomic E-state index is 9.68. The molecule has 0 fully saturated rings. The van der Waals surface area contributed by atoms with Crippen LogP contribution < -0.4 is 10.2 Å². The molecule has 0 amide bonds. The molecule has 0 aliphatic carbocycles. The Morgan fingerprint density at radius 2 is 2.14 bits per heavy atom. The first-order chi connectivity index (χ1) is 9.63. The van der Waals surface area contributed by atoms with Crippen LogP contribution in [-0.2, 0) is 71.6 Å². The van der Waals surface area contributed by atoms with E-state index >= 15 is 0 Å². The van der Waals surface area contributed by atoms with Gasteiger partial charge in [-0.25, -0.2) is 5.56 Å². The van der Waals surface area contributed by atoms with Crippen molar-refractivity contribution in [1.82, 2.24) is 0 Å². The molecule has 0 saturated heterocycles. The maximum atomic E-state index is 9.68. The summed E-state index contributed by atoms with van der Waals surface area (Å²) in [7, 11) is -0.837. The molecule has 0 unspecified atom stereocenters. The van der Waals surface area contributed by atoms with Crippen LogP contribution in [0.3, 0.4) is 0 Å². The van der Waals surface area contributed by atoms with E-state index in [9.17, 15) is 5.02 Å². The van der Waals surface area contributed by atoms with Crippen LogP contribution in [0.5, 0.6) is 5.75 Å². The summed E-state index contributed by atoms with van der Waals surface area (Å²) < 4.78 is 10.9. The third-order valence-corrected chi connectivity index (χ3v) is 3.49. The van der Waals surface area contributed by atoms with Gasteiger partial charge in [-0.3, -0.25) is 17.2 Å². The molecule has 0 bridgehead atoms. The first-order valence-corrected chi connectivity index (χ1v) is 6.59. The number of ether oxygens (including phenoxy) is 1. The number of rotatable bonds is 3. The van der Waals surface area contributed by atoms with Gasteiger partial charge in [0.05, 0.1) is 6.61 Å². The Bertz CT molecular complexity index is 651. The van der Waals surface area contributed by atoms with E-state index in [1.54, 1.807) is 0 Å². The molecule has 0 aromatic heterocycles. The predicted octanol–water partition coefficient (Wildman–Crippen LogP) is 1.70. The van der Waals surface area contributed by atoms with Gasteiger partial charge in [0.15, 0.2) is 0 Å². The summed E-state index contributed by atoms with van der Waals surface area (Å²) in [5.74, 6) is 0.730. The summed E-state index contributed by atoms with van der Waals surface area (Å²) in [4.78, 5) is 0. The maximum Gasteiger partial charge on any atom is 0.491 e. The average molecular weight is 539 g/mol. The van der Waals surface area contributed by atoms with Crippen molar-refractivity contribution in [1.29, 1.82) is 0 Å². The molecule has 111 valence electrons. The summed E-state index contributed by atoms with van der Waals surface area (Å²) in [6.07, 6.45) is 0. The Balaban J connectivity index is 0.00000121. The van der Waals surface area contributed by atoms with Crippen molar-refractivity contribution in [3.05, 3.63) is 58.7 Å². The van der Waals surface area contributed by atoms with Crippen LogP contribution in [-0.4, -0.2) is 12.1 Å². The average Bonchev–Trinajstić information content (AvgIpc) is 2.79. The Morgan fingerprint density at radius 1 is 1.36 bits per heavy atom. The van der Waals surface area contributed by atoms with Gasteiger partial charge in [0, 0.05) is 60.4 Å². The minimum absolute atomic E-state index is 0. The Labute approximate surface area is 171 Å². The van der Waals surface area contributed by atoms with Crippen molar-refractivity contribution in [2.24, 2.45) is 0 Å². The molecule has 0 saturated carbocycles. The molecule has 3 rings (SSSR count). The Morgan fingerprint density at radius 3 is 2.86 bits per heavy atom.